The molecule has 0 aliphatic rings. The molecule has 1 aromatic carbocycles. The third kappa shape index (κ3) is 2.86. The molecule has 21 heavy (non-hydrogen) atoms. The summed E-state index contributed by atoms with van der Waals surface area (Å²) in [6.45, 7) is 0.468. The number of pyridine rings is 1. The van der Waals surface area contributed by atoms with Crippen molar-refractivity contribution in [3.63, 3.8) is 0 Å². The van der Waals surface area contributed by atoms with Crippen LogP contribution in [0.4, 0.5) is 0 Å². The number of ether oxygens (including phenoxy) is 1. The molecule has 6 heteroatoms. The standard InChI is InChI=1S/C15H16N4OS/c1-20-13-6-5-11(8-12(13)9-16)10-21-15-18-17-14-4-2-3-7-19(14)15/h2-8H,9-10,16H2,1H3. The van der Waals surface area contributed by atoms with Gasteiger partial charge in [-0.25, -0.2) is 0 Å². The summed E-state index contributed by atoms with van der Waals surface area (Å²) < 4.78 is 7.27. The Morgan fingerprint density at radius 2 is 2.14 bits per heavy atom. The average molecular weight is 300 g/mol. The third-order valence-electron chi connectivity index (χ3n) is 3.22. The molecule has 108 valence electrons. The highest BCUT2D eigenvalue weighted by Gasteiger charge is 2.07. The Balaban J connectivity index is 1.78. The van der Waals surface area contributed by atoms with Crippen molar-refractivity contribution in [3.05, 3.63) is 53.7 Å². The number of thioether (sulfide) groups is 1. The predicted octanol–water partition coefficient (Wildman–Crippen LogP) is 2.49. The van der Waals surface area contributed by atoms with Crippen molar-refractivity contribution in [1.82, 2.24) is 14.6 Å². The van der Waals surface area contributed by atoms with Gasteiger partial charge in [0.05, 0.1) is 7.11 Å². The highest BCUT2D eigenvalue weighted by atomic mass is 32.2. The van der Waals surface area contributed by atoms with E-state index >= 15 is 0 Å². The van der Waals surface area contributed by atoms with Gasteiger partial charge in [-0.05, 0) is 29.8 Å². The number of rotatable bonds is 5. The Morgan fingerprint density at radius 1 is 1.24 bits per heavy atom. The molecule has 0 saturated carbocycles. The SMILES string of the molecule is COc1ccc(CSc2nnc3ccccn23)cc1CN. The minimum absolute atomic E-state index is 0.468. The highest BCUT2D eigenvalue weighted by molar-refractivity contribution is 7.98. The Morgan fingerprint density at radius 3 is 2.95 bits per heavy atom. The summed E-state index contributed by atoms with van der Waals surface area (Å²) in [6, 6.07) is 12.0. The maximum Gasteiger partial charge on any atom is 0.195 e. The molecule has 0 aliphatic heterocycles. The summed E-state index contributed by atoms with van der Waals surface area (Å²) >= 11 is 1.65. The van der Waals surface area contributed by atoms with E-state index in [0.717, 1.165) is 27.9 Å². The van der Waals surface area contributed by atoms with Gasteiger partial charge in [-0.3, -0.25) is 4.40 Å². The molecule has 3 aromatic rings. The first-order chi connectivity index (χ1) is 10.3. The van der Waals surface area contributed by atoms with Crippen LogP contribution in [0.5, 0.6) is 5.75 Å². The van der Waals surface area contributed by atoms with Crippen LogP contribution < -0.4 is 10.5 Å². The second-order valence-electron chi connectivity index (χ2n) is 4.55. The lowest BCUT2D eigenvalue weighted by Gasteiger charge is -2.08. The van der Waals surface area contributed by atoms with Gasteiger partial charge < -0.3 is 10.5 Å². The summed E-state index contributed by atoms with van der Waals surface area (Å²) in [5, 5.41) is 9.24. The summed E-state index contributed by atoms with van der Waals surface area (Å²) in [6.07, 6.45) is 1.97. The molecule has 0 saturated heterocycles. The van der Waals surface area contributed by atoms with E-state index < -0.39 is 0 Å². The van der Waals surface area contributed by atoms with Gasteiger partial charge in [0.25, 0.3) is 0 Å². The summed E-state index contributed by atoms with van der Waals surface area (Å²) in [5.41, 5.74) is 8.81. The molecule has 0 aliphatic carbocycles. The smallest absolute Gasteiger partial charge is 0.195 e. The average Bonchev–Trinajstić information content (AvgIpc) is 2.96. The minimum atomic E-state index is 0.468. The zero-order valence-corrected chi connectivity index (χ0v) is 12.5. The van der Waals surface area contributed by atoms with Gasteiger partial charge in [0.1, 0.15) is 5.75 Å². The molecule has 0 fully saturated rings. The zero-order valence-electron chi connectivity index (χ0n) is 11.7. The Labute approximate surface area is 127 Å². The minimum Gasteiger partial charge on any atom is -0.496 e. The highest BCUT2D eigenvalue weighted by Crippen LogP contribution is 2.25. The molecule has 5 nitrogen and oxygen atoms in total. The van der Waals surface area contributed by atoms with E-state index in [9.17, 15) is 0 Å². The summed E-state index contributed by atoms with van der Waals surface area (Å²) in [5.74, 6) is 1.64. The van der Waals surface area contributed by atoms with Crippen LogP contribution in [0.2, 0.25) is 0 Å². The predicted molar refractivity (Wildman–Crippen MR) is 83.4 cm³/mol. The van der Waals surface area contributed by atoms with Gasteiger partial charge >= 0.3 is 0 Å². The lowest BCUT2D eigenvalue weighted by molar-refractivity contribution is 0.409. The van der Waals surface area contributed by atoms with Crippen LogP contribution in [0.3, 0.4) is 0 Å². The molecule has 3 rings (SSSR count). The van der Waals surface area contributed by atoms with Crippen molar-refractivity contribution in [1.29, 1.82) is 0 Å². The zero-order chi connectivity index (χ0) is 14.7. The van der Waals surface area contributed by atoms with E-state index in [2.05, 4.69) is 16.3 Å². The fraction of sp³-hybridized carbons (Fsp3) is 0.200. The largest absolute Gasteiger partial charge is 0.496 e. The normalized spacial score (nSPS) is 11.0. The van der Waals surface area contributed by atoms with Crippen molar-refractivity contribution >= 4 is 17.4 Å². The topological polar surface area (TPSA) is 65.4 Å². The van der Waals surface area contributed by atoms with E-state index in [0.29, 0.717) is 6.54 Å². The first-order valence-corrected chi connectivity index (χ1v) is 7.59. The quantitative estimate of drug-likeness (QED) is 0.733. The van der Waals surface area contributed by atoms with Crippen LogP contribution in [0.25, 0.3) is 5.65 Å². The number of hydrogen-bond donors (Lipinski definition) is 1. The number of nitrogens with zero attached hydrogens (tertiary/aromatic N) is 3. The molecular formula is C15H16N4OS. The van der Waals surface area contributed by atoms with Crippen molar-refractivity contribution in [2.75, 3.05) is 7.11 Å². The van der Waals surface area contributed by atoms with Crippen LogP contribution in [-0.2, 0) is 12.3 Å². The molecule has 0 atom stereocenters. The molecule has 0 amide bonds. The third-order valence-corrected chi connectivity index (χ3v) is 4.23. The Kier molecular flexibility index (Phi) is 4.08. The molecule has 0 unspecified atom stereocenters. The maximum absolute atomic E-state index is 5.75. The lowest BCUT2D eigenvalue weighted by atomic mass is 10.1. The van der Waals surface area contributed by atoms with Crippen LogP contribution in [-0.4, -0.2) is 21.7 Å². The number of methoxy groups -OCH3 is 1. The second-order valence-corrected chi connectivity index (χ2v) is 5.49. The Hall–Kier alpha value is -2.05. The van der Waals surface area contributed by atoms with E-state index in [4.69, 9.17) is 10.5 Å². The number of benzene rings is 1. The molecule has 2 aromatic heterocycles. The van der Waals surface area contributed by atoms with E-state index in [-0.39, 0.29) is 0 Å². The fourth-order valence-electron chi connectivity index (χ4n) is 2.15. The van der Waals surface area contributed by atoms with Crippen molar-refractivity contribution < 1.29 is 4.74 Å². The number of fused-ring (bicyclic) bond motifs is 1. The molecule has 0 radical (unpaired) electrons. The summed E-state index contributed by atoms with van der Waals surface area (Å²) in [4.78, 5) is 0. The Bertz CT molecular complexity index is 756. The number of nitrogens with two attached hydrogens (primary N) is 1. The van der Waals surface area contributed by atoms with E-state index in [1.54, 1.807) is 18.9 Å². The van der Waals surface area contributed by atoms with Gasteiger partial charge in [-0.15, -0.1) is 10.2 Å². The van der Waals surface area contributed by atoms with Crippen molar-refractivity contribution in [2.45, 2.75) is 17.5 Å². The molecule has 2 N–H and O–H groups in total. The lowest BCUT2D eigenvalue weighted by Crippen LogP contribution is -2.00. The number of aromatic nitrogens is 3. The van der Waals surface area contributed by atoms with Crippen LogP contribution >= 0.6 is 11.8 Å². The van der Waals surface area contributed by atoms with Crippen LogP contribution in [0.15, 0.2) is 47.8 Å². The molecule has 2 heterocycles. The van der Waals surface area contributed by atoms with Crippen LogP contribution in [0, 0.1) is 0 Å². The summed E-state index contributed by atoms with van der Waals surface area (Å²) in [7, 11) is 1.66. The van der Waals surface area contributed by atoms with Gasteiger partial charge in [0.15, 0.2) is 10.8 Å². The molecule has 0 bridgehead atoms. The van der Waals surface area contributed by atoms with Gasteiger partial charge in [-0.2, -0.15) is 0 Å². The van der Waals surface area contributed by atoms with E-state index in [1.165, 1.54) is 5.56 Å². The van der Waals surface area contributed by atoms with Gasteiger partial charge in [-0.1, -0.05) is 23.9 Å². The fourth-order valence-corrected chi connectivity index (χ4v) is 3.01. The van der Waals surface area contributed by atoms with Gasteiger partial charge in [0.2, 0.25) is 0 Å². The monoisotopic (exact) mass is 300 g/mol. The number of hydrogen-bond acceptors (Lipinski definition) is 5. The van der Waals surface area contributed by atoms with Crippen molar-refractivity contribution in [3.8, 4) is 5.75 Å². The van der Waals surface area contributed by atoms with Gasteiger partial charge in [0, 0.05) is 24.1 Å². The molecule has 0 spiro atoms. The van der Waals surface area contributed by atoms with Crippen molar-refractivity contribution in [2.24, 2.45) is 5.73 Å². The first-order valence-electron chi connectivity index (χ1n) is 6.60. The second kappa shape index (κ2) is 6.15. The molecular weight excluding hydrogens is 284 g/mol. The maximum atomic E-state index is 5.75. The van der Waals surface area contributed by atoms with E-state index in [1.807, 2.05) is 40.9 Å². The van der Waals surface area contributed by atoms with Crippen LogP contribution in [0.1, 0.15) is 11.1 Å². The first kappa shape index (κ1) is 13.9.